The Labute approximate surface area is 44.5 Å². The molecule has 0 heterocycles. The van der Waals surface area contributed by atoms with E-state index in [0.29, 0.717) is 0 Å². The van der Waals surface area contributed by atoms with Gasteiger partial charge in [0.15, 0.2) is 0 Å². The topological polar surface area (TPSA) is 20.2 Å². The second-order valence-corrected chi connectivity index (χ2v) is 7.79. The fraction of sp³-hybridized carbons (Fsp3) is 1.00. The number of rotatable bonds is 0. The summed E-state index contributed by atoms with van der Waals surface area (Å²) in [6, 6.07) is 0. The predicted molar refractivity (Wildman–Crippen MR) is 31.5 cm³/mol. The standard InChI is InChI=1S/C3H9Ge.CH4O/c1-4(2)3;1-2/h1-3H3;2H,1H3. The Kier molecular flexibility index (Phi) is 14.7. The molecule has 0 aliphatic heterocycles. The summed E-state index contributed by atoms with van der Waals surface area (Å²) in [5.74, 6) is 7.00. The fourth-order valence-corrected chi connectivity index (χ4v) is 0. The van der Waals surface area contributed by atoms with Crippen LogP contribution in [0.15, 0.2) is 0 Å². The molecule has 0 rings (SSSR count). The van der Waals surface area contributed by atoms with Gasteiger partial charge in [-0.2, -0.15) is 0 Å². The molecular weight excluding hydrogens is 137 g/mol. The Hall–Kier alpha value is 0.503. The van der Waals surface area contributed by atoms with Crippen LogP contribution in [0.3, 0.4) is 0 Å². The van der Waals surface area contributed by atoms with E-state index in [2.05, 4.69) is 17.3 Å². The molecule has 0 aromatic heterocycles. The van der Waals surface area contributed by atoms with E-state index in [1.54, 1.807) is 0 Å². The van der Waals surface area contributed by atoms with Crippen molar-refractivity contribution in [2.24, 2.45) is 0 Å². The van der Waals surface area contributed by atoms with Crippen LogP contribution in [0.4, 0.5) is 0 Å². The first-order valence-corrected chi connectivity index (χ1v) is 8.24. The summed E-state index contributed by atoms with van der Waals surface area (Å²) in [6.45, 7) is 0. The number of aliphatic hydroxyl groups excluding tert-OH is 1. The van der Waals surface area contributed by atoms with Crippen molar-refractivity contribution in [2.45, 2.75) is 17.3 Å². The van der Waals surface area contributed by atoms with E-state index >= 15 is 0 Å². The fourth-order valence-electron chi connectivity index (χ4n) is 0. The van der Waals surface area contributed by atoms with E-state index in [-0.39, 0.29) is 14.3 Å². The quantitative estimate of drug-likeness (QED) is 0.510. The Bertz CT molecular complexity index is 12.3. The number of hydrogen-bond acceptors (Lipinski definition) is 1. The maximum absolute atomic E-state index is 7.00. The van der Waals surface area contributed by atoms with E-state index in [4.69, 9.17) is 5.11 Å². The summed E-state index contributed by atoms with van der Waals surface area (Å²) in [6.07, 6.45) is 0. The zero-order valence-electron chi connectivity index (χ0n) is 4.95. The van der Waals surface area contributed by atoms with Gasteiger partial charge in [0.25, 0.3) is 0 Å². The number of aliphatic hydroxyl groups is 1. The molecule has 0 spiro atoms. The minimum atomic E-state index is -0.333. The second kappa shape index (κ2) is 9.09. The molecule has 1 N–H and O–H groups in total. The molecule has 0 saturated heterocycles. The third-order valence-corrected chi connectivity index (χ3v) is 0. The van der Waals surface area contributed by atoms with Crippen LogP contribution in [0, 0.1) is 0 Å². The van der Waals surface area contributed by atoms with Gasteiger partial charge in [0, 0.05) is 7.11 Å². The van der Waals surface area contributed by atoms with Gasteiger partial charge in [0.1, 0.15) is 0 Å². The van der Waals surface area contributed by atoms with Gasteiger partial charge in [-0.1, -0.05) is 0 Å². The first kappa shape index (κ1) is 9.71. The molecule has 6 heavy (non-hydrogen) atoms. The number of hydrogen-bond donors (Lipinski definition) is 1. The van der Waals surface area contributed by atoms with Gasteiger partial charge < -0.3 is 5.11 Å². The minimum absolute atomic E-state index is 0.333. The van der Waals surface area contributed by atoms with Crippen LogP contribution in [0.2, 0.25) is 17.3 Å². The van der Waals surface area contributed by atoms with Gasteiger partial charge in [-0.3, -0.25) is 0 Å². The van der Waals surface area contributed by atoms with Crippen LogP contribution in [0.25, 0.3) is 0 Å². The Morgan fingerprint density at radius 3 is 1.00 bits per heavy atom. The van der Waals surface area contributed by atoms with Crippen molar-refractivity contribution in [2.75, 3.05) is 7.11 Å². The Balaban J connectivity index is 0. The third kappa shape index (κ3) is 218. The summed E-state index contributed by atoms with van der Waals surface area (Å²) < 4.78 is 0. The third-order valence-electron chi connectivity index (χ3n) is 0. The predicted octanol–water partition coefficient (Wildman–Crippen LogP) is 0.979. The van der Waals surface area contributed by atoms with Crippen LogP contribution in [-0.2, 0) is 0 Å². The molecular formula is C4H13GeO. The van der Waals surface area contributed by atoms with Crippen molar-refractivity contribution < 1.29 is 5.11 Å². The van der Waals surface area contributed by atoms with E-state index in [1.165, 1.54) is 0 Å². The first-order chi connectivity index (χ1) is 2.73. The average Bonchev–Trinajstić information content (AvgIpc) is 1.41. The van der Waals surface area contributed by atoms with Crippen molar-refractivity contribution >= 4 is 14.3 Å². The summed E-state index contributed by atoms with van der Waals surface area (Å²) in [5, 5.41) is 7.00. The molecule has 0 amide bonds. The molecule has 1 radical (unpaired) electrons. The van der Waals surface area contributed by atoms with Gasteiger partial charge in [-0.15, -0.1) is 0 Å². The van der Waals surface area contributed by atoms with Crippen molar-refractivity contribution in [3.8, 4) is 0 Å². The van der Waals surface area contributed by atoms with Crippen molar-refractivity contribution in [1.29, 1.82) is 0 Å². The van der Waals surface area contributed by atoms with E-state index in [0.717, 1.165) is 7.11 Å². The zero-order chi connectivity index (χ0) is 5.58. The van der Waals surface area contributed by atoms with Crippen molar-refractivity contribution in [3.05, 3.63) is 0 Å². The molecule has 0 saturated carbocycles. The summed E-state index contributed by atoms with van der Waals surface area (Å²) in [4.78, 5) is 0. The van der Waals surface area contributed by atoms with Gasteiger partial charge in [-0.05, 0) is 0 Å². The molecule has 1 nitrogen and oxygen atoms in total. The van der Waals surface area contributed by atoms with E-state index < -0.39 is 0 Å². The maximum atomic E-state index is 7.00. The van der Waals surface area contributed by atoms with Gasteiger partial charge >= 0.3 is 31.6 Å². The molecule has 0 aromatic carbocycles. The molecule has 0 aliphatic carbocycles. The molecule has 0 aliphatic rings. The summed E-state index contributed by atoms with van der Waals surface area (Å²) in [5.41, 5.74) is 0. The summed E-state index contributed by atoms with van der Waals surface area (Å²) >= 11 is -0.333. The van der Waals surface area contributed by atoms with Crippen molar-refractivity contribution in [3.63, 3.8) is 0 Å². The van der Waals surface area contributed by atoms with Gasteiger partial charge in [0.05, 0.1) is 0 Å². The molecule has 0 atom stereocenters. The normalized spacial score (nSPS) is 7.00. The summed E-state index contributed by atoms with van der Waals surface area (Å²) in [7, 11) is 1.00. The molecule has 39 valence electrons. The first-order valence-electron chi connectivity index (χ1n) is 1.95. The Morgan fingerprint density at radius 2 is 1.00 bits per heavy atom. The van der Waals surface area contributed by atoms with Crippen LogP contribution >= 0.6 is 0 Å². The molecule has 0 aromatic rings. The molecule has 2 heteroatoms. The molecule has 0 bridgehead atoms. The molecule has 0 fully saturated rings. The Morgan fingerprint density at radius 1 is 1.00 bits per heavy atom. The second-order valence-electron chi connectivity index (χ2n) is 1.50. The van der Waals surface area contributed by atoms with Crippen molar-refractivity contribution in [1.82, 2.24) is 0 Å². The van der Waals surface area contributed by atoms with Crippen LogP contribution in [0.1, 0.15) is 0 Å². The molecule has 0 unspecified atom stereocenters. The van der Waals surface area contributed by atoms with Crippen LogP contribution in [-0.4, -0.2) is 26.6 Å². The van der Waals surface area contributed by atoms with E-state index in [9.17, 15) is 0 Å². The van der Waals surface area contributed by atoms with Crippen LogP contribution < -0.4 is 0 Å². The zero-order valence-corrected chi connectivity index (χ0v) is 7.05. The van der Waals surface area contributed by atoms with Gasteiger partial charge in [-0.25, -0.2) is 0 Å². The monoisotopic (exact) mass is 151 g/mol. The van der Waals surface area contributed by atoms with E-state index in [1.807, 2.05) is 0 Å². The van der Waals surface area contributed by atoms with Gasteiger partial charge in [0.2, 0.25) is 0 Å². The van der Waals surface area contributed by atoms with Crippen LogP contribution in [0.5, 0.6) is 0 Å². The average molecular weight is 150 g/mol. The SMILES string of the molecule is CO.[CH3][Ge]([CH3])[CH3].